The number of amides is 1. The Morgan fingerprint density at radius 3 is 2.43 bits per heavy atom. The second kappa shape index (κ2) is 6.18. The van der Waals surface area contributed by atoms with Gasteiger partial charge in [-0.2, -0.15) is 0 Å². The molecule has 2 nitrogen and oxygen atoms in total. The molecule has 2 aromatic carbocycles. The Hall–Kier alpha value is -1.51. The number of hydrogen-bond donors (Lipinski definition) is 0. The second-order valence-electron chi connectivity index (χ2n) is 6.50. The van der Waals surface area contributed by atoms with Gasteiger partial charge in [0.25, 0.3) is 0 Å². The summed E-state index contributed by atoms with van der Waals surface area (Å²) in [6, 6.07) is 13.7. The first-order chi connectivity index (χ1) is 10.9. The zero-order valence-electron chi connectivity index (χ0n) is 13.3. The molecule has 0 fully saturated rings. The van der Waals surface area contributed by atoms with Gasteiger partial charge in [0.1, 0.15) is 0 Å². The largest absolute Gasteiger partial charge is 0.337 e. The van der Waals surface area contributed by atoms with Crippen LogP contribution < -0.4 is 0 Å². The van der Waals surface area contributed by atoms with Crippen LogP contribution in [-0.4, -0.2) is 17.4 Å². The highest BCUT2D eigenvalue weighted by Gasteiger charge is 2.35. The van der Waals surface area contributed by atoms with Crippen LogP contribution in [0.15, 0.2) is 42.5 Å². The van der Waals surface area contributed by atoms with Crippen LogP contribution in [0.2, 0.25) is 10.0 Å². The molecule has 1 amide bonds. The van der Waals surface area contributed by atoms with Gasteiger partial charge in [-0.05, 0) is 49.1 Å². The normalized spacial score (nSPS) is 14.5. The van der Waals surface area contributed by atoms with E-state index in [0.717, 1.165) is 18.5 Å². The quantitative estimate of drug-likeness (QED) is 0.759. The van der Waals surface area contributed by atoms with Gasteiger partial charge >= 0.3 is 0 Å². The molecule has 0 atom stereocenters. The molecule has 23 heavy (non-hydrogen) atoms. The molecule has 0 radical (unpaired) electrons. The van der Waals surface area contributed by atoms with E-state index in [0.29, 0.717) is 16.6 Å². The van der Waals surface area contributed by atoms with Gasteiger partial charge < -0.3 is 4.90 Å². The van der Waals surface area contributed by atoms with Gasteiger partial charge in [0.15, 0.2) is 0 Å². The maximum absolute atomic E-state index is 13.1. The monoisotopic (exact) mass is 347 g/mol. The van der Waals surface area contributed by atoms with E-state index in [-0.39, 0.29) is 5.91 Å². The lowest BCUT2D eigenvalue weighted by atomic mass is 9.82. The average molecular weight is 348 g/mol. The average Bonchev–Trinajstić information content (AvgIpc) is 2.56. The van der Waals surface area contributed by atoms with Gasteiger partial charge in [-0.1, -0.05) is 53.5 Å². The topological polar surface area (TPSA) is 20.3 Å². The second-order valence-corrected chi connectivity index (χ2v) is 7.31. The lowest BCUT2D eigenvalue weighted by Gasteiger charge is -2.35. The lowest BCUT2D eigenvalue weighted by Crippen LogP contribution is -2.45. The van der Waals surface area contributed by atoms with Crippen LogP contribution in [-0.2, 0) is 23.2 Å². The van der Waals surface area contributed by atoms with Crippen molar-refractivity contribution in [1.82, 2.24) is 4.90 Å². The molecule has 3 rings (SSSR count). The van der Waals surface area contributed by atoms with Crippen molar-refractivity contribution in [3.8, 4) is 0 Å². The molecule has 0 saturated carbocycles. The molecule has 0 unspecified atom stereocenters. The first kappa shape index (κ1) is 16.4. The number of benzene rings is 2. The molecule has 1 heterocycles. The minimum Gasteiger partial charge on any atom is -0.337 e. The third-order valence-electron chi connectivity index (χ3n) is 4.59. The number of fused-ring (bicyclic) bond motifs is 1. The SMILES string of the molecule is CC(C)(C(=O)N1CCc2ccccc2C1)c1ccc(Cl)c(Cl)c1. The summed E-state index contributed by atoms with van der Waals surface area (Å²) in [5, 5.41) is 0.986. The molecule has 0 aromatic heterocycles. The summed E-state index contributed by atoms with van der Waals surface area (Å²) in [6.07, 6.45) is 0.902. The van der Waals surface area contributed by atoms with Crippen LogP contribution in [0.25, 0.3) is 0 Å². The molecule has 0 aliphatic carbocycles. The fraction of sp³-hybridized carbons (Fsp3) is 0.316. The number of hydrogen-bond acceptors (Lipinski definition) is 1. The van der Waals surface area contributed by atoms with Crippen LogP contribution in [0.4, 0.5) is 0 Å². The Labute approximate surface area is 147 Å². The Bertz CT molecular complexity index is 755. The molecule has 0 bridgehead atoms. The Balaban J connectivity index is 1.86. The van der Waals surface area contributed by atoms with Gasteiger partial charge in [-0.15, -0.1) is 0 Å². The molecule has 0 spiro atoms. The van der Waals surface area contributed by atoms with Crippen molar-refractivity contribution in [1.29, 1.82) is 0 Å². The van der Waals surface area contributed by atoms with Crippen molar-refractivity contribution in [2.75, 3.05) is 6.54 Å². The number of halogens is 2. The van der Waals surface area contributed by atoms with Crippen molar-refractivity contribution in [3.63, 3.8) is 0 Å². The highest BCUT2D eigenvalue weighted by Crippen LogP contribution is 2.32. The first-order valence-electron chi connectivity index (χ1n) is 7.71. The van der Waals surface area contributed by atoms with E-state index < -0.39 is 5.41 Å². The van der Waals surface area contributed by atoms with E-state index in [9.17, 15) is 4.79 Å². The van der Waals surface area contributed by atoms with Gasteiger partial charge in [-0.3, -0.25) is 4.79 Å². The summed E-state index contributed by atoms with van der Waals surface area (Å²) < 4.78 is 0. The molecular formula is C19H19Cl2NO. The fourth-order valence-corrected chi connectivity index (χ4v) is 3.37. The predicted molar refractivity (Wildman–Crippen MR) is 95.1 cm³/mol. The molecular weight excluding hydrogens is 329 g/mol. The number of carbonyl (C=O) groups excluding carboxylic acids is 1. The van der Waals surface area contributed by atoms with E-state index in [2.05, 4.69) is 18.2 Å². The maximum Gasteiger partial charge on any atom is 0.232 e. The Morgan fingerprint density at radius 1 is 1.04 bits per heavy atom. The fourth-order valence-electron chi connectivity index (χ4n) is 3.07. The molecule has 4 heteroatoms. The standard InChI is InChI=1S/C19H19Cl2NO/c1-19(2,15-7-8-16(20)17(21)11-15)18(23)22-10-9-13-5-3-4-6-14(13)12-22/h3-8,11H,9-10,12H2,1-2H3. The molecule has 0 saturated heterocycles. The molecule has 1 aliphatic heterocycles. The van der Waals surface area contributed by atoms with E-state index in [1.165, 1.54) is 11.1 Å². The number of nitrogens with zero attached hydrogens (tertiary/aromatic N) is 1. The van der Waals surface area contributed by atoms with Gasteiger partial charge in [0, 0.05) is 13.1 Å². The van der Waals surface area contributed by atoms with Crippen LogP contribution in [0.3, 0.4) is 0 Å². The van der Waals surface area contributed by atoms with Crippen molar-refractivity contribution in [2.24, 2.45) is 0 Å². The summed E-state index contributed by atoms with van der Waals surface area (Å²) >= 11 is 12.1. The highest BCUT2D eigenvalue weighted by molar-refractivity contribution is 6.42. The zero-order chi connectivity index (χ0) is 16.6. The summed E-state index contributed by atoms with van der Waals surface area (Å²) in [4.78, 5) is 15.0. The smallest absolute Gasteiger partial charge is 0.232 e. The summed E-state index contributed by atoms with van der Waals surface area (Å²) in [5.41, 5.74) is 2.82. The third kappa shape index (κ3) is 3.11. The van der Waals surface area contributed by atoms with E-state index >= 15 is 0 Å². The Morgan fingerprint density at radius 2 is 1.74 bits per heavy atom. The lowest BCUT2D eigenvalue weighted by molar-refractivity contribution is -0.137. The van der Waals surface area contributed by atoms with Crippen LogP contribution in [0.5, 0.6) is 0 Å². The third-order valence-corrected chi connectivity index (χ3v) is 5.33. The van der Waals surface area contributed by atoms with E-state index in [1.807, 2.05) is 30.9 Å². The van der Waals surface area contributed by atoms with Crippen molar-refractivity contribution < 1.29 is 4.79 Å². The number of carbonyl (C=O) groups is 1. The van der Waals surface area contributed by atoms with Crippen LogP contribution in [0, 0.1) is 0 Å². The van der Waals surface area contributed by atoms with Crippen LogP contribution in [0.1, 0.15) is 30.5 Å². The maximum atomic E-state index is 13.1. The molecule has 2 aromatic rings. The van der Waals surface area contributed by atoms with Gasteiger partial charge in [0.05, 0.1) is 15.5 Å². The molecule has 120 valence electrons. The molecule has 1 aliphatic rings. The predicted octanol–water partition coefficient (Wildman–Crippen LogP) is 4.86. The van der Waals surface area contributed by atoms with Crippen LogP contribution >= 0.6 is 23.2 Å². The van der Waals surface area contributed by atoms with Gasteiger partial charge in [0.2, 0.25) is 5.91 Å². The minimum atomic E-state index is -0.638. The molecule has 0 N–H and O–H groups in total. The number of rotatable bonds is 2. The van der Waals surface area contributed by atoms with E-state index in [4.69, 9.17) is 23.2 Å². The van der Waals surface area contributed by atoms with Crippen molar-refractivity contribution in [2.45, 2.75) is 32.2 Å². The summed E-state index contributed by atoms with van der Waals surface area (Å²) in [7, 11) is 0. The van der Waals surface area contributed by atoms with Crippen molar-refractivity contribution in [3.05, 3.63) is 69.2 Å². The summed E-state index contributed by atoms with van der Waals surface area (Å²) in [6.45, 7) is 5.30. The highest BCUT2D eigenvalue weighted by atomic mass is 35.5. The van der Waals surface area contributed by atoms with E-state index in [1.54, 1.807) is 12.1 Å². The first-order valence-corrected chi connectivity index (χ1v) is 8.47. The minimum absolute atomic E-state index is 0.116. The van der Waals surface area contributed by atoms with Crippen molar-refractivity contribution >= 4 is 29.1 Å². The Kier molecular flexibility index (Phi) is 4.39. The zero-order valence-corrected chi connectivity index (χ0v) is 14.8. The van der Waals surface area contributed by atoms with Gasteiger partial charge in [-0.25, -0.2) is 0 Å². The summed E-state index contributed by atoms with van der Waals surface area (Å²) in [5.74, 6) is 0.116.